The van der Waals surface area contributed by atoms with Gasteiger partial charge in [-0.2, -0.15) is 0 Å². The Morgan fingerprint density at radius 3 is 2.25 bits per heavy atom. The molecule has 1 N–H and O–H groups in total. The second kappa shape index (κ2) is 4.50. The molecule has 0 aliphatic rings. The fourth-order valence-electron chi connectivity index (χ4n) is 1.95. The molecular formula is C15H16O. The van der Waals surface area contributed by atoms with E-state index >= 15 is 0 Å². The molecule has 16 heavy (non-hydrogen) atoms. The number of benzene rings is 2. The molecular weight excluding hydrogens is 196 g/mol. The molecule has 0 saturated carbocycles. The molecule has 2 aromatic rings. The van der Waals surface area contributed by atoms with Crippen LogP contribution in [0.5, 0.6) is 0 Å². The third-order valence-electron chi connectivity index (χ3n) is 2.84. The standard InChI is InChI=1S/C15H16O/c1-11-8-9-14(12(2)10-11)15(16)13-6-4-3-5-7-13/h3-10,15-16H,1-2H3. The predicted octanol–water partition coefficient (Wildman–Crippen LogP) is 3.39. The van der Waals surface area contributed by atoms with E-state index in [2.05, 4.69) is 13.0 Å². The van der Waals surface area contributed by atoms with E-state index in [0.717, 1.165) is 16.7 Å². The topological polar surface area (TPSA) is 20.2 Å². The third kappa shape index (κ3) is 2.15. The fraction of sp³-hybridized carbons (Fsp3) is 0.200. The quantitative estimate of drug-likeness (QED) is 0.809. The first kappa shape index (κ1) is 10.9. The van der Waals surface area contributed by atoms with Crippen LogP contribution in [0.1, 0.15) is 28.4 Å². The van der Waals surface area contributed by atoms with E-state index in [-0.39, 0.29) is 0 Å². The van der Waals surface area contributed by atoms with Crippen molar-refractivity contribution in [3.8, 4) is 0 Å². The molecule has 0 bridgehead atoms. The summed E-state index contributed by atoms with van der Waals surface area (Å²) in [5.74, 6) is 0. The van der Waals surface area contributed by atoms with E-state index in [9.17, 15) is 5.11 Å². The summed E-state index contributed by atoms with van der Waals surface area (Å²) in [6.07, 6.45) is -0.526. The Hall–Kier alpha value is -1.60. The van der Waals surface area contributed by atoms with Crippen LogP contribution in [0.2, 0.25) is 0 Å². The van der Waals surface area contributed by atoms with Crippen LogP contribution < -0.4 is 0 Å². The Balaban J connectivity index is 2.38. The third-order valence-corrected chi connectivity index (χ3v) is 2.84. The summed E-state index contributed by atoms with van der Waals surface area (Å²) >= 11 is 0. The highest BCUT2D eigenvalue weighted by Crippen LogP contribution is 2.24. The summed E-state index contributed by atoms with van der Waals surface area (Å²) < 4.78 is 0. The zero-order chi connectivity index (χ0) is 11.5. The number of rotatable bonds is 2. The molecule has 82 valence electrons. The van der Waals surface area contributed by atoms with Crippen molar-refractivity contribution < 1.29 is 5.11 Å². The second-order valence-corrected chi connectivity index (χ2v) is 4.17. The zero-order valence-corrected chi connectivity index (χ0v) is 9.64. The van der Waals surface area contributed by atoms with Crippen LogP contribution in [0, 0.1) is 13.8 Å². The summed E-state index contributed by atoms with van der Waals surface area (Å²) in [5, 5.41) is 10.3. The maximum absolute atomic E-state index is 10.3. The molecule has 1 atom stereocenters. The Morgan fingerprint density at radius 2 is 1.62 bits per heavy atom. The maximum atomic E-state index is 10.3. The first-order chi connectivity index (χ1) is 7.68. The van der Waals surface area contributed by atoms with Crippen molar-refractivity contribution in [3.63, 3.8) is 0 Å². The number of aliphatic hydroxyl groups is 1. The molecule has 0 fully saturated rings. The minimum absolute atomic E-state index is 0.526. The van der Waals surface area contributed by atoms with Gasteiger partial charge in [0, 0.05) is 0 Å². The van der Waals surface area contributed by atoms with Gasteiger partial charge < -0.3 is 5.11 Å². The van der Waals surface area contributed by atoms with E-state index < -0.39 is 6.10 Å². The number of aliphatic hydroxyl groups excluding tert-OH is 1. The highest BCUT2D eigenvalue weighted by atomic mass is 16.3. The Bertz CT molecular complexity index is 474. The molecule has 0 radical (unpaired) electrons. The smallest absolute Gasteiger partial charge is 0.104 e. The SMILES string of the molecule is Cc1ccc(C(O)c2ccccc2)c(C)c1. The molecule has 0 amide bonds. The lowest BCUT2D eigenvalue weighted by Crippen LogP contribution is -2.01. The molecule has 0 aromatic heterocycles. The van der Waals surface area contributed by atoms with Crippen molar-refractivity contribution in [1.82, 2.24) is 0 Å². The first-order valence-corrected chi connectivity index (χ1v) is 5.48. The maximum Gasteiger partial charge on any atom is 0.104 e. The minimum Gasteiger partial charge on any atom is -0.384 e. The predicted molar refractivity (Wildman–Crippen MR) is 66.4 cm³/mol. The lowest BCUT2D eigenvalue weighted by Gasteiger charge is -2.14. The first-order valence-electron chi connectivity index (χ1n) is 5.48. The lowest BCUT2D eigenvalue weighted by molar-refractivity contribution is 0.219. The molecule has 0 saturated heterocycles. The van der Waals surface area contributed by atoms with Crippen molar-refractivity contribution in [3.05, 3.63) is 70.8 Å². The average Bonchev–Trinajstić information content (AvgIpc) is 2.29. The Morgan fingerprint density at radius 1 is 0.938 bits per heavy atom. The Kier molecular flexibility index (Phi) is 3.07. The molecule has 0 heterocycles. The molecule has 0 spiro atoms. The highest BCUT2D eigenvalue weighted by Gasteiger charge is 2.11. The average molecular weight is 212 g/mol. The van der Waals surface area contributed by atoms with Gasteiger partial charge in [0.05, 0.1) is 0 Å². The number of hydrogen-bond donors (Lipinski definition) is 1. The highest BCUT2D eigenvalue weighted by molar-refractivity contribution is 5.37. The van der Waals surface area contributed by atoms with Gasteiger partial charge in [0.15, 0.2) is 0 Å². The summed E-state index contributed by atoms with van der Waals surface area (Å²) in [4.78, 5) is 0. The minimum atomic E-state index is -0.526. The van der Waals surface area contributed by atoms with Crippen molar-refractivity contribution in [1.29, 1.82) is 0 Å². The van der Waals surface area contributed by atoms with Gasteiger partial charge in [0.25, 0.3) is 0 Å². The van der Waals surface area contributed by atoms with Gasteiger partial charge in [-0.25, -0.2) is 0 Å². The molecule has 2 rings (SSSR count). The lowest BCUT2D eigenvalue weighted by atomic mass is 9.96. The van der Waals surface area contributed by atoms with Crippen LogP contribution in [-0.4, -0.2) is 5.11 Å². The van der Waals surface area contributed by atoms with Gasteiger partial charge in [-0.1, -0.05) is 54.1 Å². The fourth-order valence-corrected chi connectivity index (χ4v) is 1.95. The van der Waals surface area contributed by atoms with E-state index in [1.54, 1.807) is 0 Å². The van der Waals surface area contributed by atoms with Crippen LogP contribution in [0.25, 0.3) is 0 Å². The van der Waals surface area contributed by atoms with Crippen molar-refractivity contribution in [2.24, 2.45) is 0 Å². The van der Waals surface area contributed by atoms with Gasteiger partial charge in [-0.05, 0) is 30.5 Å². The molecule has 0 aliphatic carbocycles. The van der Waals surface area contributed by atoms with Gasteiger partial charge in [-0.15, -0.1) is 0 Å². The molecule has 1 nitrogen and oxygen atoms in total. The summed E-state index contributed by atoms with van der Waals surface area (Å²) in [7, 11) is 0. The summed E-state index contributed by atoms with van der Waals surface area (Å²) in [5.41, 5.74) is 4.28. The van der Waals surface area contributed by atoms with E-state index in [0.29, 0.717) is 0 Å². The van der Waals surface area contributed by atoms with Gasteiger partial charge in [-0.3, -0.25) is 0 Å². The van der Waals surface area contributed by atoms with Gasteiger partial charge in [0.2, 0.25) is 0 Å². The number of aryl methyl sites for hydroxylation is 2. The largest absolute Gasteiger partial charge is 0.384 e. The normalized spacial score (nSPS) is 12.4. The van der Waals surface area contributed by atoms with Gasteiger partial charge in [0.1, 0.15) is 6.10 Å². The van der Waals surface area contributed by atoms with Crippen LogP contribution in [0.3, 0.4) is 0 Å². The summed E-state index contributed by atoms with van der Waals surface area (Å²) in [6, 6.07) is 15.9. The van der Waals surface area contributed by atoms with E-state index in [1.807, 2.05) is 49.4 Å². The molecule has 1 heteroatoms. The molecule has 2 aromatic carbocycles. The zero-order valence-electron chi connectivity index (χ0n) is 9.64. The van der Waals surface area contributed by atoms with Crippen LogP contribution in [-0.2, 0) is 0 Å². The molecule has 1 unspecified atom stereocenters. The van der Waals surface area contributed by atoms with Crippen molar-refractivity contribution >= 4 is 0 Å². The Labute approximate surface area is 96.4 Å². The second-order valence-electron chi connectivity index (χ2n) is 4.17. The van der Waals surface area contributed by atoms with E-state index in [4.69, 9.17) is 0 Å². The molecule has 0 aliphatic heterocycles. The van der Waals surface area contributed by atoms with Crippen LogP contribution in [0.4, 0.5) is 0 Å². The van der Waals surface area contributed by atoms with Crippen LogP contribution in [0.15, 0.2) is 48.5 Å². The summed E-state index contributed by atoms with van der Waals surface area (Å²) in [6.45, 7) is 4.10. The van der Waals surface area contributed by atoms with Gasteiger partial charge >= 0.3 is 0 Å². The van der Waals surface area contributed by atoms with Crippen LogP contribution >= 0.6 is 0 Å². The van der Waals surface area contributed by atoms with Crippen molar-refractivity contribution in [2.45, 2.75) is 20.0 Å². The van der Waals surface area contributed by atoms with E-state index in [1.165, 1.54) is 5.56 Å². The monoisotopic (exact) mass is 212 g/mol. The van der Waals surface area contributed by atoms with Crippen molar-refractivity contribution in [2.75, 3.05) is 0 Å². The number of hydrogen-bond acceptors (Lipinski definition) is 1.